The molecule has 0 amide bonds. The fourth-order valence-electron chi connectivity index (χ4n) is 1.42. The number of benzene rings is 1. The van der Waals surface area contributed by atoms with Crippen LogP contribution in [-0.2, 0) is 6.54 Å². The van der Waals surface area contributed by atoms with Gasteiger partial charge in [0.15, 0.2) is 0 Å². The zero-order chi connectivity index (χ0) is 12.0. The second-order valence-electron chi connectivity index (χ2n) is 3.64. The van der Waals surface area contributed by atoms with Crippen LogP contribution in [0.4, 0.5) is 0 Å². The lowest BCUT2D eigenvalue weighted by atomic mass is 10.2. The van der Waals surface area contributed by atoms with E-state index in [-0.39, 0.29) is 25.1 Å². The van der Waals surface area contributed by atoms with E-state index < -0.39 is 0 Å². The van der Waals surface area contributed by atoms with Gasteiger partial charge in [-0.15, -0.1) is 12.4 Å². The van der Waals surface area contributed by atoms with Gasteiger partial charge in [-0.25, -0.2) is 0 Å². The first-order valence-corrected chi connectivity index (χ1v) is 5.75. The van der Waals surface area contributed by atoms with Crippen LogP contribution in [0.2, 0.25) is 5.02 Å². The molecule has 98 valence electrons. The van der Waals surface area contributed by atoms with Crippen molar-refractivity contribution in [2.75, 3.05) is 13.7 Å². The minimum atomic E-state index is 0. The molecule has 3 nitrogen and oxygen atoms in total. The van der Waals surface area contributed by atoms with E-state index in [1.54, 1.807) is 7.11 Å². The maximum Gasteiger partial charge on any atom is 0.137 e. The summed E-state index contributed by atoms with van der Waals surface area (Å²) in [5.41, 5.74) is 1.08. The van der Waals surface area contributed by atoms with E-state index in [9.17, 15) is 0 Å². The van der Waals surface area contributed by atoms with Crippen molar-refractivity contribution in [3.8, 4) is 5.75 Å². The van der Waals surface area contributed by atoms with E-state index in [0.29, 0.717) is 17.3 Å². The number of methoxy groups -OCH3 is 1. The number of ether oxygens (including phenoxy) is 1. The zero-order valence-corrected chi connectivity index (χ0v) is 11.6. The molecule has 0 radical (unpaired) electrons. The van der Waals surface area contributed by atoms with Crippen molar-refractivity contribution >= 4 is 24.0 Å². The van der Waals surface area contributed by atoms with Crippen LogP contribution in [-0.4, -0.2) is 24.9 Å². The van der Waals surface area contributed by atoms with Crippen molar-refractivity contribution in [1.82, 2.24) is 5.32 Å². The standard InChI is InChI=1S/C12H18ClNO2.ClH/c1-3-10(8-15)14-7-9-4-5-12(16-2)11(13)6-9;/h4-6,10,14-15H,3,7-8H2,1-2H3;1H. The second-order valence-corrected chi connectivity index (χ2v) is 4.04. The predicted octanol–water partition coefficient (Wildman–Crippen LogP) is 2.63. The van der Waals surface area contributed by atoms with Crippen LogP contribution in [0.5, 0.6) is 5.75 Å². The van der Waals surface area contributed by atoms with Crippen LogP contribution in [0.3, 0.4) is 0 Å². The maximum absolute atomic E-state index is 9.03. The van der Waals surface area contributed by atoms with E-state index in [2.05, 4.69) is 5.32 Å². The number of nitrogens with one attached hydrogen (secondary N) is 1. The van der Waals surface area contributed by atoms with Crippen LogP contribution < -0.4 is 10.1 Å². The average Bonchev–Trinajstić information content (AvgIpc) is 2.30. The highest BCUT2D eigenvalue weighted by atomic mass is 35.5. The van der Waals surface area contributed by atoms with Gasteiger partial charge in [0, 0.05) is 12.6 Å². The predicted molar refractivity (Wildman–Crippen MR) is 73.3 cm³/mol. The summed E-state index contributed by atoms with van der Waals surface area (Å²) in [6.07, 6.45) is 0.903. The Morgan fingerprint density at radius 1 is 1.47 bits per heavy atom. The van der Waals surface area contributed by atoms with Gasteiger partial charge in [0.1, 0.15) is 5.75 Å². The largest absolute Gasteiger partial charge is 0.495 e. The minimum Gasteiger partial charge on any atom is -0.495 e. The molecule has 1 aromatic rings. The van der Waals surface area contributed by atoms with Crippen molar-refractivity contribution in [3.63, 3.8) is 0 Å². The summed E-state index contributed by atoms with van der Waals surface area (Å²) in [5, 5.41) is 12.9. The summed E-state index contributed by atoms with van der Waals surface area (Å²) in [6, 6.07) is 5.82. The Morgan fingerprint density at radius 2 is 2.18 bits per heavy atom. The highest BCUT2D eigenvalue weighted by molar-refractivity contribution is 6.32. The fourth-order valence-corrected chi connectivity index (χ4v) is 1.70. The summed E-state index contributed by atoms with van der Waals surface area (Å²) >= 11 is 6.01. The molecule has 0 saturated heterocycles. The summed E-state index contributed by atoms with van der Waals surface area (Å²) in [6.45, 7) is 2.89. The Kier molecular flexibility index (Phi) is 8.35. The van der Waals surface area contributed by atoms with Gasteiger partial charge in [-0.2, -0.15) is 0 Å². The van der Waals surface area contributed by atoms with Crippen LogP contribution >= 0.6 is 24.0 Å². The molecule has 0 aliphatic carbocycles. The molecular weight excluding hydrogens is 261 g/mol. The topological polar surface area (TPSA) is 41.5 Å². The van der Waals surface area contributed by atoms with Crippen LogP contribution in [0.1, 0.15) is 18.9 Å². The molecule has 1 unspecified atom stereocenters. The summed E-state index contributed by atoms with van der Waals surface area (Å²) in [4.78, 5) is 0. The molecule has 0 bridgehead atoms. The van der Waals surface area contributed by atoms with E-state index in [1.807, 2.05) is 25.1 Å². The first-order valence-electron chi connectivity index (χ1n) is 5.38. The van der Waals surface area contributed by atoms with Gasteiger partial charge in [0.05, 0.1) is 18.7 Å². The number of aliphatic hydroxyl groups excluding tert-OH is 1. The summed E-state index contributed by atoms with van der Waals surface area (Å²) in [5.74, 6) is 0.680. The van der Waals surface area contributed by atoms with Gasteiger partial charge in [0.2, 0.25) is 0 Å². The monoisotopic (exact) mass is 279 g/mol. The Hall–Kier alpha value is -0.480. The van der Waals surface area contributed by atoms with E-state index in [4.69, 9.17) is 21.4 Å². The second kappa shape index (κ2) is 8.59. The Morgan fingerprint density at radius 3 is 2.65 bits per heavy atom. The molecule has 0 saturated carbocycles. The van der Waals surface area contributed by atoms with Gasteiger partial charge >= 0.3 is 0 Å². The molecule has 5 heteroatoms. The van der Waals surface area contributed by atoms with Gasteiger partial charge in [-0.3, -0.25) is 0 Å². The zero-order valence-electron chi connectivity index (χ0n) is 10.1. The molecule has 1 rings (SSSR count). The molecule has 17 heavy (non-hydrogen) atoms. The molecule has 0 aromatic heterocycles. The first-order chi connectivity index (χ1) is 7.71. The van der Waals surface area contributed by atoms with Crippen molar-refractivity contribution in [3.05, 3.63) is 28.8 Å². The lowest BCUT2D eigenvalue weighted by Crippen LogP contribution is -2.31. The quantitative estimate of drug-likeness (QED) is 0.841. The number of hydrogen-bond acceptors (Lipinski definition) is 3. The number of halogens is 2. The molecule has 0 aliphatic rings. The SMILES string of the molecule is CCC(CO)NCc1ccc(OC)c(Cl)c1.Cl. The third kappa shape index (κ3) is 5.13. The Bertz CT molecular complexity index is 330. The van der Waals surface area contributed by atoms with Gasteiger partial charge in [-0.05, 0) is 24.1 Å². The molecular formula is C12H19Cl2NO2. The Labute approximate surface area is 114 Å². The number of hydrogen-bond donors (Lipinski definition) is 2. The summed E-state index contributed by atoms with van der Waals surface area (Å²) in [7, 11) is 1.60. The van der Waals surface area contributed by atoms with Gasteiger partial charge in [0.25, 0.3) is 0 Å². The smallest absolute Gasteiger partial charge is 0.137 e. The minimum absolute atomic E-state index is 0. The molecule has 1 aromatic carbocycles. The highest BCUT2D eigenvalue weighted by Crippen LogP contribution is 2.24. The van der Waals surface area contributed by atoms with Crippen molar-refractivity contribution in [2.24, 2.45) is 0 Å². The molecule has 2 N–H and O–H groups in total. The van der Waals surface area contributed by atoms with E-state index >= 15 is 0 Å². The average molecular weight is 280 g/mol. The number of rotatable bonds is 6. The third-order valence-corrected chi connectivity index (χ3v) is 2.82. The molecule has 0 heterocycles. The van der Waals surface area contributed by atoms with E-state index in [0.717, 1.165) is 12.0 Å². The van der Waals surface area contributed by atoms with Crippen LogP contribution in [0, 0.1) is 0 Å². The molecule has 1 atom stereocenters. The van der Waals surface area contributed by atoms with Crippen molar-refractivity contribution in [2.45, 2.75) is 25.9 Å². The molecule has 0 fully saturated rings. The normalized spacial score (nSPS) is 11.8. The van der Waals surface area contributed by atoms with Gasteiger partial charge in [-0.1, -0.05) is 24.6 Å². The third-order valence-electron chi connectivity index (χ3n) is 2.52. The highest BCUT2D eigenvalue weighted by Gasteiger charge is 2.05. The lowest BCUT2D eigenvalue weighted by Gasteiger charge is -2.14. The summed E-state index contributed by atoms with van der Waals surface area (Å²) < 4.78 is 5.08. The molecule has 0 spiro atoms. The van der Waals surface area contributed by atoms with Gasteiger partial charge < -0.3 is 15.2 Å². The van der Waals surface area contributed by atoms with Crippen molar-refractivity contribution in [1.29, 1.82) is 0 Å². The van der Waals surface area contributed by atoms with Crippen LogP contribution in [0.25, 0.3) is 0 Å². The first kappa shape index (κ1) is 16.5. The number of aliphatic hydroxyl groups is 1. The maximum atomic E-state index is 9.03. The lowest BCUT2D eigenvalue weighted by molar-refractivity contribution is 0.238. The van der Waals surface area contributed by atoms with E-state index in [1.165, 1.54) is 0 Å². The Balaban J connectivity index is 0.00000256. The van der Waals surface area contributed by atoms with Crippen molar-refractivity contribution < 1.29 is 9.84 Å². The molecule has 0 aliphatic heterocycles. The fraction of sp³-hybridized carbons (Fsp3) is 0.500. The van der Waals surface area contributed by atoms with Crippen LogP contribution in [0.15, 0.2) is 18.2 Å².